The largest absolute Gasteiger partial charge is 0.271 e. The summed E-state index contributed by atoms with van der Waals surface area (Å²) in [6.07, 6.45) is 11.7. The van der Waals surface area contributed by atoms with Crippen LogP contribution in [0.1, 0.15) is 57.6 Å². The second kappa shape index (κ2) is 10.0. The van der Waals surface area contributed by atoms with Gasteiger partial charge in [-0.15, -0.1) is 0 Å². The zero-order valence-electron chi connectivity index (χ0n) is 11.6. The van der Waals surface area contributed by atoms with Gasteiger partial charge in [-0.3, -0.25) is 16.3 Å². The molecule has 3 heteroatoms. The van der Waals surface area contributed by atoms with Gasteiger partial charge in [0, 0.05) is 17.9 Å². The smallest absolute Gasteiger partial charge is 0.0404 e. The van der Waals surface area contributed by atoms with Crippen molar-refractivity contribution in [2.24, 2.45) is 5.84 Å². The molecule has 1 rings (SSSR count). The van der Waals surface area contributed by atoms with Crippen molar-refractivity contribution in [1.82, 2.24) is 10.4 Å². The monoisotopic (exact) mass is 249 g/mol. The maximum Gasteiger partial charge on any atom is 0.0404 e. The number of aromatic nitrogens is 1. The molecule has 1 aromatic rings. The Labute approximate surface area is 111 Å². The minimum Gasteiger partial charge on any atom is -0.271 e. The predicted octanol–water partition coefficient (Wildman–Crippen LogP) is 3.21. The maximum absolute atomic E-state index is 5.61. The lowest BCUT2D eigenvalue weighted by atomic mass is 10.0. The van der Waals surface area contributed by atoms with Crippen LogP contribution >= 0.6 is 0 Å². The Balaban J connectivity index is 2.13. The summed E-state index contributed by atoms with van der Waals surface area (Å²) in [6, 6.07) is 6.50. The average Bonchev–Trinajstić information content (AvgIpc) is 2.43. The highest BCUT2D eigenvalue weighted by atomic mass is 15.2. The van der Waals surface area contributed by atoms with Crippen LogP contribution in [-0.4, -0.2) is 11.0 Å². The lowest BCUT2D eigenvalue weighted by Crippen LogP contribution is -2.35. The van der Waals surface area contributed by atoms with E-state index in [4.69, 9.17) is 5.84 Å². The molecule has 0 amide bonds. The van der Waals surface area contributed by atoms with Crippen molar-refractivity contribution in [2.45, 2.75) is 64.3 Å². The number of nitrogens with zero attached hydrogens (tertiary/aromatic N) is 1. The lowest BCUT2D eigenvalue weighted by Gasteiger charge is -2.15. The Bertz CT molecular complexity index is 287. The van der Waals surface area contributed by atoms with Gasteiger partial charge in [0.25, 0.3) is 0 Å². The van der Waals surface area contributed by atoms with E-state index < -0.39 is 0 Å². The van der Waals surface area contributed by atoms with Crippen LogP contribution in [0.2, 0.25) is 0 Å². The van der Waals surface area contributed by atoms with Crippen molar-refractivity contribution in [1.29, 1.82) is 0 Å². The van der Waals surface area contributed by atoms with Gasteiger partial charge >= 0.3 is 0 Å². The minimum absolute atomic E-state index is 0.425. The van der Waals surface area contributed by atoms with Crippen LogP contribution in [-0.2, 0) is 6.42 Å². The molecule has 0 aliphatic heterocycles. The number of hydrazine groups is 1. The summed E-state index contributed by atoms with van der Waals surface area (Å²) in [5.41, 5.74) is 4.09. The molecule has 1 unspecified atom stereocenters. The van der Waals surface area contributed by atoms with Crippen LogP contribution in [0.4, 0.5) is 0 Å². The normalized spacial score (nSPS) is 12.6. The minimum atomic E-state index is 0.425. The molecule has 1 atom stereocenters. The van der Waals surface area contributed by atoms with Crippen molar-refractivity contribution in [3.63, 3.8) is 0 Å². The molecule has 18 heavy (non-hydrogen) atoms. The molecule has 3 nitrogen and oxygen atoms in total. The van der Waals surface area contributed by atoms with Gasteiger partial charge in [-0.1, -0.05) is 45.1 Å². The first-order valence-corrected chi connectivity index (χ1v) is 7.22. The molecule has 1 aromatic heterocycles. The molecule has 0 spiro atoms. The molecule has 0 aromatic carbocycles. The highest BCUT2D eigenvalue weighted by Crippen LogP contribution is 2.10. The number of hydrogen-bond acceptors (Lipinski definition) is 3. The molecule has 0 fully saturated rings. The van der Waals surface area contributed by atoms with Gasteiger partial charge in [0.1, 0.15) is 0 Å². The van der Waals surface area contributed by atoms with Crippen LogP contribution in [0.5, 0.6) is 0 Å². The van der Waals surface area contributed by atoms with Crippen LogP contribution < -0.4 is 11.3 Å². The van der Waals surface area contributed by atoms with Crippen LogP contribution in [0.25, 0.3) is 0 Å². The second-order valence-corrected chi connectivity index (χ2v) is 4.93. The van der Waals surface area contributed by atoms with Crippen molar-refractivity contribution in [3.05, 3.63) is 30.1 Å². The number of hydrogen-bond donors (Lipinski definition) is 2. The summed E-state index contributed by atoms with van der Waals surface area (Å²) >= 11 is 0. The zero-order chi connectivity index (χ0) is 13.1. The van der Waals surface area contributed by atoms with Crippen molar-refractivity contribution in [2.75, 3.05) is 0 Å². The fourth-order valence-electron chi connectivity index (χ4n) is 2.17. The third-order valence-electron chi connectivity index (χ3n) is 3.37. The first kappa shape index (κ1) is 15.1. The van der Waals surface area contributed by atoms with Crippen LogP contribution in [0.15, 0.2) is 24.4 Å². The van der Waals surface area contributed by atoms with E-state index in [-0.39, 0.29) is 0 Å². The Morgan fingerprint density at radius 1 is 1.17 bits per heavy atom. The molecule has 102 valence electrons. The number of pyridine rings is 1. The molecule has 0 saturated heterocycles. The zero-order valence-corrected chi connectivity index (χ0v) is 11.6. The Kier molecular flexibility index (Phi) is 8.43. The van der Waals surface area contributed by atoms with Gasteiger partial charge in [0.2, 0.25) is 0 Å². The van der Waals surface area contributed by atoms with Gasteiger partial charge in [-0.2, -0.15) is 0 Å². The molecule has 0 aliphatic rings. The topological polar surface area (TPSA) is 50.9 Å². The third-order valence-corrected chi connectivity index (χ3v) is 3.37. The fourth-order valence-corrected chi connectivity index (χ4v) is 2.17. The van der Waals surface area contributed by atoms with Gasteiger partial charge in [-0.05, 0) is 31.4 Å². The van der Waals surface area contributed by atoms with E-state index in [0.717, 1.165) is 18.5 Å². The van der Waals surface area contributed by atoms with Crippen LogP contribution in [0, 0.1) is 0 Å². The summed E-state index contributed by atoms with van der Waals surface area (Å²) in [5, 5.41) is 0. The molecule has 0 radical (unpaired) electrons. The van der Waals surface area contributed by atoms with Crippen molar-refractivity contribution in [3.8, 4) is 0 Å². The molecule has 0 bridgehead atoms. The molecule has 3 N–H and O–H groups in total. The average molecular weight is 249 g/mol. The summed E-state index contributed by atoms with van der Waals surface area (Å²) < 4.78 is 0. The molecule has 0 saturated carbocycles. The van der Waals surface area contributed by atoms with Gasteiger partial charge in [0.15, 0.2) is 0 Å². The number of aryl methyl sites for hydroxylation is 1. The van der Waals surface area contributed by atoms with Crippen molar-refractivity contribution >= 4 is 0 Å². The highest BCUT2D eigenvalue weighted by molar-refractivity contribution is 5.03. The van der Waals surface area contributed by atoms with E-state index in [1.165, 1.54) is 38.5 Å². The van der Waals surface area contributed by atoms with E-state index in [2.05, 4.69) is 23.4 Å². The second-order valence-electron chi connectivity index (χ2n) is 4.93. The molecule has 0 aliphatic carbocycles. The molecule has 1 heterocycles. The number of nitrogens with one attached hydrogen (secondary N) is 1. The van der Waals surface area contributed by atoms with E-state index in [1.807, 2.05) is 18.3 Å². The van der Waals surface area contributed by atoms with Gasteiger partial charge in [-0.25, -0.2) is 0 Å². The van der Waals surface area contributed by atoms with E-state index in [0.29, 0.717) is 6.04 Å². The Morgan fingerprint density at radius 2 is 2.00 bits per heavy atom. The first-order chi connectivity index (χ1) is 8.86. The number of rotatable bonds is 10. The van der Waals surface area contributed by atoms with Crippen LogP contribution in [0.3, 0.4) is 0 Å². The van der Waals surface area contributed by atoms with E-state index in [9.17, 15) is 0 Å². The molecular weight excluding hydrogens is 222 g/mol. The van der Waals surface area contributed by atoms with Crippen molar-refractivity contribution < 1.29 is 0 Å². The highest BCUT2D eigenvalue weighted by Gasteiger charge is 2.06. The van der Waals surface area contributed by atoms with Gasteiger partial charge in [0.05, 0.1) is 0 Å². The number of nitrogens with two attached hydrogens (primary N) is 1. The predicted molar refractivity (Wildman–Crippen MR) is 77.0 cm³/mol. The fraction of sp³-hybridized carbons (Fsp3) is 0.667. The summed E-state index contributed by atoms with van der Waals surface area (Å²) in [4.78, 5) is 4.34. The Morgan fingerprint density at radius 3 is 2.67 bits per heavy atom. The maximum atomic E-state index is 5.61. The Hall–Kier alpha value is -0.930. The standard InChI is InChI=1S/C15H27N3/c1-2-3-4-5-6-10-15(18-16)12-11-14-9-7-8-13-17-14/h7-9,13,15,18H,2-6,10-12,16H2,1H3. The summed E-state index contributed by atoms with van der Waals surface area (Å²) in [7, 11) is 0. The summed E-state index contributed by atoms with van der Waals surface area (Å²) in [5.74, 6) is 5.61. The lowest BCUT2D eigenvalue weighted by molar-refractivity contribution is 0.438. The third kappa shape index (κ3) is 6.72. The molecular formula is C15H27N3. The van der Waals surface area contributed by atoms with Gasteiger partial charge < -0.3 is 0 Å². The van der Waals surface area contributed by atoms with E-state index >= 15 is 0 Å². The van der Waals surface area contributed by atoms with E-state index in [1.54, 1.807) is 0 Å². The number of unbranched alkanes of at least 4 members (excludes halogenated alkanes) is 4. The SMILES string of the molecule is CCCCCCCC(CCc1ccccn1)NN. The summed E-state index contributed by atoms with van der Waals surface area (Å²) in [6.45, 7) is 2.25. The first-order valence-electron chi connectivity index (χ1n) is 7.22. The quantitative estimate of drug-likeness (QED) is 0.380.